The van der Waals surface area contributed by atoms with Crippen LogP contribution < -0.4 is 5.32 Å². The number of pyridine rings is 1. The third-order valence-electron chi connectivity index (χ3n) is 2.46. The number of aromatic nitrogens is 1. The van der Waals surface area contributed by atoms with Gasteiger partial charge in [0.15, 0.2) is 0 Å². The molecule has 1 rings (SSSR count). The van der Waals surface area contributed by atoms with E-state index in [1.165, 1.54) is 0 Å². The third kappa shape index (κ3) is 4.18. The lowest BCUT2D eigenvalue weighted by Crippen LogP contribution is -2.18. The molecule has 0 aromatic carbocycles. The quantitative estimate of drug-likeness (QED) is 0.569. The third-order valence-corrected chi connectivity index (χ3v) is 2.46. The van der Waals surface area contributed by atoms with Crippen LogP contribution in [0.5, 0.6) is 0 Å². The number of nitro groups is 1. The number of anilines is 1. The number of hydrogen-bond acceptors (Lipinski definition) is 6. The Morgan fingerprint density at radius 1 is 1.68 bits per heavy atom. The molecule has 1 unspecified atom stereocenters. The molecule has 2 N–H and O–H groups in total. The van der Waals surface area contributed by atoms with Gasteiger partial charge >= 0.3 is 11.7 Å². The fourth-order valence-electron chi connectivity index (χ4n) is 1.46. The molecule has 0 bridgehead atoms. The van der Waals surface area contributed by atoms with Crippen LogP contribution in [0.3, 0.4) is 0 Å². The van der Waals surface area contributed by atoms with Crippen LogP contribution in [0.15, 0.2) is 12.3 Å². The fraction of sp³-hybridized carbons (Fsp3) is 0.455. The molecule has 0 spiro atoms. The second-order valence-electron chi connectivity index (χ2n) is 3.98. The molecule has 0 saturated carbocycles. The number of rotatable bonds is 7. The molecule has 0 aliphatic heterocycles. The van der Waals surface area contributed by atoms with E-state index in [0.29, 0.717) is 13.0 Å². The summed E-state index contributed by atoms with van der Waals surface area (Å²) >= 11 is 0. The highest BCUT2D eigenvalue weighted by atomic mass is 16.6. The van der Waals surface area contributed by atoms with Crippen molar-refractivity contribution in [1.82, 2.24) is 4.98 Å². The van der Waals surface area contributed by atoms with Gasteiger partial charge in [-0.25, -0.2) is 9.78 Å². The monoisotopic (exact) mass is 269 g/mol. The predicted molar refractivity (Wildman–Crippen MR) is 67.4 cm³/mol. The van der Waals surface area contributed by atoms with Crippen LogP contribution in [0.1, 0.15) is 23.7 Å². The van der Waals surface area contributed by atoms with Gasteiger partial charge in [0.2, 0.25) is 0 Å². The molecule has 0 radical (unpaired) electrons. The lowest BCUT2D eigenvalue weighted by molar-refractivity contribution is -0.385. The lowest BCUT2D eigenvalue weighted by atomic mass is 10.2. The minimum absolute atomic E-state index is 0.00977. The molecule has 8 heteroatoms. The Morgan fingerprint density at radius 3 is 2.89 bits per heavy atom. The Labute approximate surface area is 109 Å². The van der Waals surface area contributed by atoms with E-state index in [4.69, 9.17) is 9.84 Å². The molecule has 0 aliphatic carbocycles. The number of aromatic carboxylic acids is 1. The molecular weight excluding hydrogens is 254 g/mol. The predicted octanol–water partition coefficient (Wildman–Crippen LogP) is 1.52. The first-order valence-corrected chi connectivity index (χ1v) is 5.59. The normalized spacial score (nSPS) is 11.9. The highest BCUT2D eigenvalue weighted by molar-refractivity contribution is 5.93. The smallest absolute Gasteiger partial charge is 0.342 e. The maximum Gasteiger partial charge on any atom is 0.342 e. The summed E-state index contributed by atoms with van der Waals surface area (Å²) in [6.07, 6.45) is 1.65. The number of carboxylic acids is 1. The van der Waals surface area contributed by atoms with Crippen LogP contribution in [0.4, 0.5) is 11.5 Å². The average Bonchev–Trinajstić information content (AvgIpc) is 2.35. The van der Waals surface area contributed by atoms with Crippen molar-refractivity contribution in [2.45, 2.75) is 19.4 Å². The first-order valence-electron chi connectivity index (χ1n) is 5.59. The van der Waals surface area contributed by atoms with E-state index in [1.54, 1.807) is 7.11 Å². The van der Waals surface area contributed by atoms with Crippen molar-refractivity contribution in [2.24, 2.45) is 0 Å². The van der Waals surface area contributed by atoms with E-state index < -0.39 is 16.6 Å². The van der Waals surface area contributed by atoms with Gasteiger partial charge in [0.25, 0.3) is 0 Å². The fourth-order valence-corrected chi connectivity index (χ4v) is 1.46. The maximum absolute atomic E-state index is 11.0. The first-order chi connectivity index (χ1) is 8.95. The molecule has 0 amide bonds. The van der Waals surface area contributed by atoms with Gasteiger partial charge in [0.1, 0.15) is 17.6 Å². The van der Waals surface area contributed by atoms with Gasteiger partial charge in [0, 0.05) is 25.8 Å². The topological polar surface area (TPSA) is 115 Å². The summed E-state index contributed by atoms with van der Waals surface area (Å²) in [5, 5.41) is 22.6. The van der Waals surface area contributed by atoms with Gasteiger partial charge in [-0.1, -0.05) is 0 Å². The van der Waals surface area contributed by atoms with Crippen molar-refractivity contribution in [2.75, 3.05) is 19.0 Å². The molecular formula is C11H15N3O5. The number of hydrogen-bond donors (Lipinski definition) is 2. The Morgan fingerprint density at radius 2 is 2.37 bits per heavy atom. The lowest BCUT2D eigenvalue weighted by Gasteiger charge is -2.14. The molecule has 1 aromatic heterocycles. The van der Waals surface area contributed by atoms with Gasteiger partial charge in [0.05, 0.1) is 4.92 Å². The van der Waals surface area contributed by atoms with Crippen LogP contribution >= 0.6 is 0 Å². The highest BCUT2D eigenvalue weighted by Gasteiger charge is 2.21. The average molecular weight is 269 g/mol. The molecule has 0 saturated heterocycles. The van der Waals surface area contributed by atoms with E-state index >= 15 is 0 Å². The minimum Gasteiger partial charge on any atom is -0.477 e. The van der Waals surface area contributed by atoms with Crippen LogP contribution in [-0.4, -0.2) is 40.7 Å². The standard InChI is InChI=1S/C11H15N3O5/c1-7(3-4-19-2)13-10-5-8(11(15)16)9(6-12-10)14(17)18/h5-7H,3-4H2,1-2H3,(H,12,13)(H,15,16). The van der Waals surface area contributed by atoms with Gasteiger partial charge < -0.3 is 15.2 Å². The summed E-state index contributed by atoms with van der Waals surface area (Å²) < 4.78 is 4.92. The van der Waals surface area contributed by atoms with E-state index in [2.05, 4.69) is 10.3 Å². The Kier molecular flexibility index (Phi) is 5.19. The second-order valence-corrected chi connectivity index (χ2v) is 3.98. The summed E-state index contributed by atoms with van der Waals surface area (Å²) in [7, 11) is 1.58. The molecule has 8 nitrogen and oxygen atoms in total. The second kappa shape index (κ2) is 6.64. The Hall–Kier alpha value is -2.22. The van der Waals surface area contributed by atoms with Crippen LogP contribution in [-0.2, 0) is 4.74 Å². The largest absolute Gasteiger partial charge is 0.477 e. The SMILES string of the molecule is COCCC(C)Nc1cc(C(=O)O)c([N+](=O)[O-])cn1. The number of carbonyl (C=O) groups is 1. The number of methoxy groups -OCH3 is 1. The Balaban J connectivity index is 2.90. The van der Waals surface area contributed by atoms with Crippen molar-refractivity contribution in [3.8, 4) is 0 Å². The van der Waals surface area contributed by atoms with Crippen LogP contribution in [0.2, 0.25) is 0 Å². The van der Waals surface area contributed by atoms with Gasteiger partial charge in [-0.2, -0.15) is 0 Å². The molecule has 0 fully saturated rings. The summed E-state index contributed by atoms with van der Waals surface area (Å²) in [5.74, 6) is -1.08. The zero-order valence-corrected chi connectivity index (χ0v) is 10.6. The molecule has 19 heavy (non-hydrogen) atoms. The molecule has 1 heterocycles. The van der Waals surface area contributed by atoms with E-state index in [-0.39, 0.29) is 17.4 Å². The molecule has 1 aromatic rings. The first kappa shape index (κ1) is 14.8. The van der Waals surface area contributed by atoms with Gasteiger partial charge in [-0.05, 0) is 13.3 Å². The van der Waals surface area contributed by atoms with E-state index in [0.717, 1.165) is 12.3 Å². The van der Waals surface area contributed by atoms with E-state index in [1.807, 2.05) is 6.92 Å². The van der Waals surface area contributed by atoms with Crippen molar-refractivity contribution in [3.05, 3.63) is 27.9 Å². The molecule has 0 aliphatic rings. The summed E-state index contributed by atoms with van der Waals surface area (Å²) in [6.45, 7) is 2.43. The van der Waals surface area contributed by atoms with Gasteiger partial charge in [-0.3, -0.25) is 10.1 Å². The van der Waals surface area contributed by atoms with Crippen molar-refractivity contribution >= 4 is 17.5 Å². The Bertz CT molecular complexity index is 477. The summed E-state index contributed by atoms with van der Waals surface area (Å²) in [5.41, 5.74) is -0.913. The summed E-state index contributed by atoms with van der Waals surface area (Å²) in [6, 6.07) is 1.17. The maximum atomic E-state index is 11.0. The van der Waals surface area contributed by atoms with E-state index in [9.17, 15) is 14.9 Å². The number of ether oxygens (including phenoxy) is 1. The van der Waals surface area contributed by atoms with Crippen LogP contribution in [0, 0.1) is 10.1 Å². The minimum atomic E-state index is -1.36. The highest BCUT2D eigenvalue weighted by Crippen LogP contribution is 2.20. The van der Waals surface area contributed by atoms with Crippen molar-refractivity contribution < 1.29 is 19.6 Å². The number of carboxylic acid groups (broad SMARTS) is 1. The van der Waals surface area contributed by atoms with Crippen molar-refractivity contribution in [1.29, 1.82) is 0 Å². The van der Waals surface area contributed by atoms with Gasteiger partial charge in [-0.15, -0.1) is 0 Å². The zero-order chi connectivity index (χ0) is 14.4. The molecule has 1 atom stereocenters. The summed E-state index contributed by atoms with van der Waals surface area (Å²) in [4.78, 5) is 24.7. The van der Waals surface area contributed by atoms with Crippen LogP contribution in [0.25, 0.3) is 0 Å². The number of nitrogens with zero attached hydrogens (tertiary/aromatic N) is 2. The molecule has 104 valence electrons. The van der Waals surface area contributed by atoms with Crippen molar-refractivity contribution in [3.63, 3.8) is 0 Å². The number of nitrogens with one attached hydrogen (secondary N) is 1. The zero-order valence-electron chi connectivity index (χ0n) is 10.6.